The molecule has 108 valence electrons. The number of nitrogens with two attached hydrogens (primary N) is 1. The van der Waals surface area contributed by atoms with Crippen LogP contribution in [0.4, 0.5) is 0 Å². The fraction of sp³-hybridized carbons (Fsp3) is 0.438. The van der Waals surface area contributed by atoms with Crippen LogP contribution in [-0.4, -0.2) is 34.3 Å². The zero-order valence-corrected chi connectivity index (χ0v) is 12.5. The van der Waals surface area contributed by atoms with Crippen molar-refractivity contribution in [1.29, 1.82) is 0 Å². The summed E-state index contributed by atoms with van der Waals surface area (Å²) >= 11 is 0. The second-order valence-corrected chi connectivity index (χ2v) is 5.44. The lowest BCUT2D eigenvalue weighted by Crippen LogP contribution is -2.41. The molecule has 2 unspecified atom stereocenters. The zero-order valence-electron chi connectivity index (χ0n) is 12.5. The maximum atomic E-state index is 6.01. The predicted octanol–water partition coefficient (Wildman–Crippen LogP) is 1.98. The fourth-order valence-corrected chi connectivity index (χ4v) is 2.70. The molecule has 4 nitrogen and oxygen atoms in total. The van der Waals surface area contributed by atoms with Crippen LogP contribution < -0.4 is 5.73 Å². The number of rotatable bonds is 6. The Balaban J connectivity index is 2.07. The van der Waals surface area contributed by atoms with Crippen molar-refractivity contribution in [3.63, 3.8) is 0 Å². The Morgan fingerprint density at radius 2 is 2.00 bits per heavy atom. The van der Waals surface area contributed by atoms with Gasteiger partial charge in [0.15, 0.2) is 0 Å². The highest BCUT2D eigenvalue weighted by Crippen LogP contribution is 2.22. The lowest BCUT2D eigenvalue weighted by molar-refractivity contribution is 0.213. The normalized spacial score (nSPS) is 14.4. The number of likely N-dealkylation sites (N-methyl/N-ethyl adjacent to an activating group) is 1. The van der Waals surface area contributed by atoms with Crippen LogP contribution in [0.15, 0.2) is 42.7 Å². The number of aromatic nitrogens is 2. The summed E-state index contributed by atoms with van der Waals surface area (Å²) < 4.78 is 1.83. The van der Waals surface area contributed by atoms with E-state index in [-0.39, 0.29) is 0 Å². The summed E-state index contributed by atoms with van der Waals surface area (Å²) in [5.74, 6) is 0.405. The molecule has 0 amide bonds. The quantitative estimate of drug-likeness (QED) is 0.874. The molecular weight excluding hydrogens is 248 g/mol. The molecule has 2 N–H and O–H groups in total. The standard InChI is InChI=1S/C16H24N4/c1-13(15-7-5-4-6-8-15)16(9-17)19(2)11-14-10-18-20(3)12-14/h4-8,10,12-13,16H,9,11,17H2,1-3H3. The first-order valence-electron chi connectivity index (χ1n) is 7.04. The second-order valence-electron chi connectivity index (χ2n) is 5.44. The van der Waals surface area contributed by atoms with Gasteiger partial charge in [-0.2, -0.15) is 5.10 Å². The molecule has 4 heteroatoms. The summed E-state index contributed by atoms with van der Waals surface area (Å²) in [6, 6.07) is 10.9. The van der Waals surface area contributed by atoms with E-state index in [1.54, 1.807) is 0 Å². The maximum Gasteiger partial charge on any atom is 0.0534 e. The van der Waals surface area contributed by atoms with Gasteiger partial charge in [-0.05, 0) is 18.5 Å². The summed E-state index contributed by atoms with van der Waals surface area (Å²) in [6.45, 7) is 3.76. The molecular formula is C16H24N4. The van der Waals surface area contributed by atoms with E-state index >= 15 is 0 Å². The minimum atomic E-state index is 0.317. The van der Waals surface area contributed by atoms with Gasteiger partial charge in [0.05, 0.1) is 6.20 Å². The third-order valence-electron chi connectivity index (χ3n) is 3.90. The largest absolute Gasteiger partial charge is 0.329 e. The number of aryl methyl sites for hydroxylation is 1. The van der Waals surface area contributed by atoms with E-state index in [0.29, 0.717) is 18.5 Å². The van der Waals surface area contributed by atoms with Gasteiger partial charge in [0.2, 0.25) is 0 Å². The molecule has 2 rings (SSSR count). The van der Waals surface area contributed by atoms with Gasteiger partial charge < -0.3 is 5.73 Å². The highest BCUT2D eigenvalue weighted by molar-refractivity contribution is 5.21. The number of benzene rings is 1. The van der Waals surface area contributed by atoms with Crippen molar-refractivity contribution in [1.82, 2.24) is 14.7 Å². The van der Waals surface area contributed by atoms with Crippen molar-refractivity contribution < 1.29 is 0 Å². The van der Waals surface area contributed by atoms with Crippen LogP contribution in [0.2, 0.25) is 0 Å². The Morgan fingerprint density at radius 1 is 1.30 bits per heavy atom. The van der Waals surface area contributed by atoms with Crippen molar-refractivity contribution in [3.8, 4) is 0 Å². The monoisotopic (exact) mass is 272 g/mol. The average molecular weight is 272 g/mol. The molecule has 2 aromatic rings. The van der Waals surface area contributed by atoms with Crippen LogP contribution >= 0.6 is 0 Å². The SMILES string of the molecule is CC(c1ccccc1)C(CN)N(C)Cc1cnn(C)c1. The van der Waals surface area contributed by atoms with E-state index in [9.17, 15) is 0 Å². The van der Waals surface area contributed by atoms with Crippen LogP contribution in [0.1, 0.15) is 24.0 Å². The van der Waals surface area contributed by atoms with E-state index in [1.807, 2.05) is 24.0 Å². The van der Waals surface area contributed by atoms with Gasteiger partial charge in [-0.1, -0.05) is 37.3 Å². The summed E-state index contributed by atoms with van der Waals surface area (Å²) in [5.41, 5.74) is 8.56. The molecule has 20 heavy (non-hydrogen) atoms. The summed E-state index contributed by atoms with van der Waals surface area (Å²) in [4.78, 5) is 2.31. The lowest BCUT2D eigenvalue weighted by atomic mass is 9.92. The van der Waals surface area contributed by atoms with Gasteiger partial charge in [0.1, 0.15) is 0 Å². The minimum absolute atomic E-state index is 0.317. The molecule has 0 radical (unpaired) electrons. The summed E-state index contributed by atoms with van der Waals surface area (Å²) in [6.07, 6.45) is 3.97. The molecule has 0 aliphatic heterocycles. The molecule has 0 fully saturated rings. The third-order valence-corrected chi connectivity index (χ3v) is 3.90. The molecule has 0 aliphatic carbocycles. The molecule has 1 aromatic carbocycles. The molecule has 0 spiro atoms. The summed E-state index contributed by atoms with van der Waals surface area (Å²) in [5, 5.41) is 4.22. The number of hydrogen-bond acceptors (Lipinski definition) is 3. The first-order chi connectivity index (χ1) is 9.61. The van der Waals surface area contributed by atoms with Crippen LogP contribution in [0.5, 0.6) is 0 Å². The second kappa shape index (κ2) is 6.68. The molecule has 0 saturated carbocycles. The topological polar surface area (TPSA) is 47.1 Å². The first kappa shape index (κ1) is 14.8. The lowest BCUT2D eigenvalue weighted by Gasteiger charge is -2.32. The molecule has 1 aromatic heterocycles. The fourth-order valence-electron chi connectivity index (χ4n) is 2.70. The average Bonchev–Trinajstić information content (AvgIpc) is 2.85. The van der Waals surface area contributed by atoms with Crippen molar-refractivity contribution in [2.75, 3.05) is 13.6 Å². The smallest absolute Gasteiger partial charge is 0.0534 e. The van der Waals surface area contributed by atoms with Crippen molar-refractivity contribution in [2.24, 2.45) is 12.8 Å². The predicted molar refractivity (Wildman–Crippen MR) is 82.4 cm³/mol. The van der Waals surface area contributed by atoms with E-state index < -0.39 is 0 Å². The third kappa shape index (κ3) is 3.46. The number of hydrogen-bond donors (Lipinski definition) is 1. The van der Waals surface area contributed by atoms with Crippen LogP contribution in [0, 0.1) is 0 Å². The van der Waals surface area contributed by atoms with Gasteiger partial charge in [-0.15, -0.1) is 0 Å². The van der Waals surface area contributed by atoms with Crippen LogP contribution in [0.3, 0.4) is 0 Å². The Bertz CT molecular complexity index is 520. The van der Waals surface area contributed by atoms with E-state index in [2.05, 4.69) is 54.4 Å². The minimum Gasteiger partial charge on any atom is -0.329 e. The Kier molecular flexibility index (Phi) is 4.93. The first-order valence-corrected chi connectivity index (χ1v) is 7.04. The maximum absolute atomic E-state index is 6.01. The molecule has 0 bridgehead atoms. The highest BCUT2D eigenvalue weighted by Gasteiger charge is 2.22. The van der Waals surface area contributed by atoms with Crippen molar-refractivity contribution >= 4 is 0 Å². The van der Waals surface area contributed by atoms with Gasteiger partial charge in [0, 0.05) is 37.9 Å². The number of nitrogens with zero attached hydrogens (tertiary/aromatic N) is 3. The zero-order chi connectivity index (χ0) is 14.5. The Hall–Kier alpha value is -1.65. The Labute approximate surface area is 121 Å². The van der Waals surface area contributed by atoms with Gasteiger partial charge in [0.25, 0.3) is 0 Å². The van der Waals surface area contributed by atoms with E-state index in [4.69, 9.17) is 5.73 Å². The van der Waals surface area contributed by atoms with Crippen molar-refractivity contribution in [2.45, 2.75) is 25.4 Å². The molecule has 0 saturated heterocycles. The van der Waals surface area contributed by atoms with E-state index in [1.165, 1.54) is 11.1 Å². The van der Waals surface area contributed by atoms with Crippen LogP contribution in [0.25, 0.3) is 0 Å². The summed E-state index contributed by atoms with van der Waals surface area (Å²) in [7, 11) is 4.07. The molecule has 0 aliphatic rings. The Morgan fingerprint density at radius 3 is 2.55 bits per heavy atom. The molecule has 1 heterocycles. The van der Waals surface area contributed by atoms with Gasteiger partial charge in [-0.25, -0.2) is 0 Å². The van der Waals surface area contributed by atoms with E-state index in [0.717, 1.165) is 6.54 Å². The van der Waals surface area contributed by atoms with Gasteiger partial charge >= 0.3 is 0 Å². The van der Waals surface area contributed by atoms with Gasteiger partial charge in [-0.3, -0.25) is 9.58 Å². The van der Waals surface area contributed by atoms with Crippen molar-refractivity contribution in [3.05, 3.63) is 53.9 Å². The highest BCUT2D eigenvalue weighted by atomic mass is 15.2. The molecule has 2 atom stereocenters. The van der Waals surface area contributed by atoms with Crippen LogP contribution in [-0.2, 0) is 13.6 Å².